The molecule has 0 saturated heterocycles. The summed E-state index contributed by atoms with van der Waals surface area (Å²) in [5.74, 6) is 1.58. The normalized spacial score (nSPS) is 15.6. The van der Waals surface area contributed by atoms with Gasteiger partial charge in [-0.05, 0) is 60.7 Å². The lowest BCUT2D eigenvalue weighted by Crippen LogP contribution is -3.11. The van der Waals surface area contributed by atoms with E-state index in [2.05, 4.69) is 10.3 Å². The molecule has 28 heavy (non-hydrogen) atoms. The summed E-state index contributed by atoms with van der Waals surface area (Å²) in [6.07, 6.45) is 0. The third-order valence-electron chi connectivity index (χ3n) is 4.84. The third-order valence-corrected chi connectivity index (χ3v) is 5.37. The quantitative estimate of drug-likeness (QED) is 0.573. The number of hydrogen-bond donors (Lipinski definition) is 3. The van der Waals surface area contributed by atoms with Gasteiger partial charge in [0.15, 0.2) is 11.4 Å². The minimum Gasteiger partial charge on any atom is -0.497 e. The summed E-state index contributed by atoms with van der Waals surface area (Å²) in [5, 5.41) is 4.05. The molecule has 2 aromatic carbocycles. The van der Waals surface area contributed by atoms with Crippen molar-refractivity contribution >= 4 is 29.6 Å². The maximum Gasteiger partial charge on any atom is 0.262 e. The van der Waals surface area contributed by atoms with Crippen molar-refractivity contribution in [2.45, 2.75) is 13.1 Å². The van der Waals surface area contributed by atoms with Gasteiger partial charge in [-0.25, -0.2) is 0 Å². The minimum atomic E-state index is -0.148. The number of quaternary nitrogens is 1. The molecule has 1 aromatic heterocycles. The Balaban J connectivity index is 1.65. The highest BCUT2D eigenvalue weighted by Gasteiger charge is 2.25. The molecule has 2 heterocycles. The van der Waals surface area contributed by atoms with Crippen molar-refractivity contribution in [3.63, 3.8) is 0 Å². The SMILES string of the molecule is COc1ccc(C[NH+]2CNc3c(c(=O)[nH]c(=S)n3-c3ccc(Cl)cc3)C2)cc1. The molecule has 1 atom stereocenters. The monoisotopic (exact) mass is 415 g/mol. The average Bonchev–Trinajstić information content (AvgIpc) is 2.70. The van der Waals surface area contributed by atoms with E-state index in [0.29, 0.717) is 28.6 Å². The summed E-state index contributed by atoms with van der Waals surface area (Å²) in [7, 11) is 1.65. The number of ether oxygens (including phenoxy) is 1. The van der Waals surface area contributed by atoms with Crippen molar-refractivity contribution < 1.29 is 9.64 Å². The smallest absolute Gasteiger partial charge is 0.262 e. The lowest BCUT2D eigenvalue weighted by atomic mass is 10.1. The fraction of sp³-hybridized carbons (Fsp3) is 0.200. The minimum absolute atomic E-state index is 0.148. The van der Waals surface area contributed by atoms with Crippen molar-refractivity contribution in [1.29, 1.82) is 0 Å². The zero-order valence-corrected chi connectivity index (χ0v) is 16.9. The first-order chi connectivity index (χ1) is 13.5. The van der Waals surface area contributed by atoms with Crippen LogP contribution in [-0.2, 0) is 13.1 Å². The summed E-state index contributed by atoms with van der Waals surface area (Å²) in [4.78, 5) is 16.6. The van der Waals surface area contributed by atoms with Gasteiger partial charge in [-0.15, -0.1) is 0 Å². The Kier molecular flexibility index (Phi) is 5.21. The van der Waals surface area contributed by atoms with Crippen LogP contribution in [0, 0.1) is 4.77 Å². The summed E-state index contributed by atoms with van der Waals surface area (Å²) < 4.78 is 7.42. The van der Waals surface area contributed by atoms with Crippen molar-refractivity contribution in [2.24, 2.45) is 0 Å². The van der Waals surface area contributed by atoms with E-state index in [9.17, 15) is 4.79 Å². The van der Waals surface area contributed by atoms with E-state index in [0.717, 1.165) is 23.8 Å². The van der Waals surface area contributed by atoms with Gasteiger partial charge in [0.1, 0.15) is 30.2 Å². The summed E-state index contributed by atoms with van der Waals surface area (Å²) in [6, 6.07) is 15.4. The van der Waals surface area contributed by atoms with Crippen LogP contribution in [-0.4, -0.2) is 23.3 Å². The van der Waals surface area contributed by atoms with Gasteiger partial charge in [0, 0.05) is 16.3 Å². The van der Waals surface area contributed by atoms with E-state index >= 15 is 0 Å². The highest BCUT2D eigenvalue weighted by Crippen LogP contribution is 2.21. The Morgan fingerprint density at radius 3 is 2.57 bits per heavy atom. The summed E-state index contributed by atoms with van der Waals surface area (Å²) in [6.45, 7) is 2.09. The van der Waals surface area contributed by atoms with E-state index in [1.807, 2.05) is 41.0 Å². The Hall–Kier alpha value is -2.61. The number of aromatic amines is 1. The largest absolute Gasteiger partial charge is 0.497 e. The topological polar surface area (TPSA) is 63.5 Å². The van der Waals surface area contributed by atoms with Crippen LogP contribution < -0.4 is 20.5 Å². The standard InChI is InChI=1S/C20H19ClN4O2S/c1-27-16-8-2-13(3-9-16)10-24-11-17-18(22-12-24)25(20(28)23-19(17)26)15-6-4-14(21)5-7-15/h2-9,22H,10-12H2,1H3,(H,23,26,28)/p+1. The molecule has 1 aliphatic rings. The third kappa shape index (κ3) is 3.69. The van der Waals surface area contributed by atoms with Gasteiger partial charge in [-0.3, -0.25) is 14.3 Å². The molecule has 3 N–H and O–H groups in total. The van der Waals surface area contributed by atoms with Crippen LogP contribution in [0.25, 0.3) is 5.69 Å². The molecule has 0 aliphatic carbocycles. The molecule has 0 amide bonds. The Morgan fingerprint density at radius 2 is 1.89 bits per heavy atom. The van der Waals surface area contributed by atoms with Crippen LogP contribution >= 0.6 is 23.8 Å². The number of nitrogens with one attached hydrogen (secondary N) is 3. The zero-order chi connectivity index (χ0) is 19.7. The molecule has 0 fully saturated rings. The van der Waals surface area contributed by atoms with Crippen LogP contribution in [0.5, 0.6) is 5.75 Å². The second-order valence-corrected chi connectivity index (χ2v) is 7.53. The van der Waals surface area contributed by atoms with Gasteiger partial charge in [-0.1, -0.05) is 11.6 Å². The van der Waals surface area contributed by atoms with Crippen molar-refractivity contribution in [3.8, 4) is 11.4 Å². The molecule has 1 aliphatic heterocycles. The predicted octanol–water partition coefficient (Wildman–Crippen LogP) is 2.53. The maximum atomic E-state index is 12.6. The molecule has 4 rings (SSSR count). The number of fused-ring (bicyclic) bond motifs is 1. The number of nitrogens with zero attached hydrogens (tertiary/aromatic N) is 1. The molecule has 8 heteroatoms. The van der Waals surface area contributed by atoms with E-state index in [4.69, 9.17) is 28.6 Å². The maximum absolute atomic E-state index is 12.6. The van der Waals surface area contributed by atoms with Gasteiger partial charge in [0.2, 0.25) is 0 Å². The lowest BCUT2D eigenvalue weighted by molar-refractivity contribution is -0.926. The van der Waals surface area contributed by atoms with Crippen LogP contribution in [0.3, 0.4) is 0 Å². The average molecular weight is 416 g/mol. The molecular formula is C20H20ClN4O2S+. The first-order valence-electron chi connectivity index (χ1n) is 8.89. The number of H-pyrrole nitrogens is 1. The van der Waals surface area contributed by atoms with E-state index in [1.54, 1.807) is 19.2 Å². The Morgan fingerprint density at radius 1 is 1.18 bits per heavy atom. The van der Waals surface area contributed by atoms with Crippen LogP contribution in [0.4, 0.5) is 5.82 Å². The number of hydrogen-bond acceptors (Lipinski definition) is 4. The Bertz CT molecular complexity index is 1110. The highest BCUT2D eigenvalue weighted by atomic mass is 35.5. The first kappa shape index (κ1) is 18.7. The molecule has 0 bridgehead atoms. The molecule has 0 saturated carbocycles. The summed E-state index contributed by atoms with van der Waals surface area (Å²) in [5.41, 5.74) is 2.58. The molecular weight excluding hydrogens is 396 g/mol. The number of benzene rings is 2. The predicted molar refractivity (Wildman–Crippen MR) is 112 cm³/mol. The van der Waals surface area contributed by atoms with E-state index in [-0.39, 0.29) is 5.56 Å². The van der Waals surface area contributed by atoms with Crippen molar-refractivity contribution in [2.75, 3.05) is 19.1 Å². The number of aromatic nitrogens is 2. The van der Waals surface area contributed by atoms with Gasteiger partial charge in [0.05, 0.1) is 7.11 Å². The first-order valence-corrected chi connectivity index (χ1v) is 9.68. The van der Waals surface area contributed by atoms with Crippen molar-refractivity contribution in [1.82, 2.24) is 9.55 Å². The van der Waals surface area contributed by atoms with Crippen molar-refractivity contribution in [3.05, 3.63) is 79.8 Å². The van der Waals surface area contributed by atoms with E-state index in [1.165, 1.54) is 10.5 Å². The molecule has 6 nitrogen and oxygen atoms in total. The Labute approximate surface area is 172 Å². The number of anilines is 1. The molecule has 3 aromatic rings. The van der Waals surface area contributed by atoms with Gasteiger partial charge < -0.3 is 15.0 Å². The molecule has 0 spiro atoms. The van der Waals surface area contributed by atoms with Crippen LogP contribution in [0.1, 0.15) is 11.1 Å². The van der Waals surface area contributed by atoms with E-state index < -0.39 is 0 Å². The highest BCUT2D eigenvalue weighted by molar-refractivity contribution is 7.71. The lowest BCUT2D eigenvalue weighted by Gasteiger charge is -2.28. The number of halogens is 1. The molecule has 1 unspecified atom stereocenters. The van der Waals surface area contributed by atoms with Gasteiger partial charge >= 0.3 is 0 Å². The van der Waals surface area contributed by atoms with Crippen LogP contribution in [0.15, 0.2) is 53.3 Å². The summed E-state index contributed by atoms with van der Waals surface area (Å²) >= 11 is 11.4. The molecule has 0 radical (unpaired) electrons. The second kappa shape index (κ2) is 7.79. The zero-order valence-electron chi connectivity index (χ0n) is 15.3. The second-order valence-electron chi connectivity index (χ2n) is 6.70. The molecule has 144 valence electrons. The van der Waals surface area contributed by atoms with Crippen LogP contribution in [0.2, 0.25) is 5.02 Å². The number of methoxy groups -OCH3 is 1. The van der Waals surface area contributed by atoms with Gasteiger partial charge in [0.25, 0.3) is 5.56 Å². The fourth-order valence-electron chi connectivity index (χ4n) is 3.44. The number of rotatable bonds is 4. The van der Waals surface area contributed by atoms with Gasteiger partial charge in [-0.2, -0.15) is 0 Å². The fourth-order valence-corrected chi connectivity index (χ4v) is 3.85.